The Kier molecular flexibility index (Phi) is 3.98. The van der Waals surface area contributed by atoms with Crippen LogP contribution in [0.4, 0.5) is 5.69 Å². The molecule has 1 aliphatic heterocycles. The van der Waals surface area contributed by atoms with E-state index in [2.05, 4.69) is 0 Å². The van der Waals surface area contributed by atoms with Gasteiger partial charge >= 0.3 is 5.97 Å². The summed E-state index contributed by atoms with van der Waals surface area (Å²) in [5.74, 6) is -0.731. The summed E-state index contributed by atoms with van der Waals surface area (Å²) in [6.07, 6.45) is 1.02. The van der Waals surface area contributed by atoms with Crippen LogP contribution in [0.3, 0.4) is 0 Å². The third-order valence-corrected chi connectivity index (χ3v) is 4.93. The van der Waals surface area contributed by atoms with Crippen LogP contribution in [0, 0.1) is 20.9 Å². The molecule has 0 radical (unpaired) electrons. The Morgan fingerprint density at radius 3 is 2.27 bits per heavy atom. The molecule has 3 rings (SSSR count). The predicted octanol–water partition coefficient (Wildman–Crippen LogP) is 3.60. The summed E-state index contributed by atoms with van der Waals surface area (Å²) in [4.78, 5) is 35.6. The molecule has 1 saturated heterocycles. The summed E-state index contributed by atoms with van der Waals surface area (Å²) in [5, 5.41) is 10.8. The van der Waals surface area contributed by atoms with Gasteiger partial charge in [0.1, 0.15) is 5.41 Å². The lowest BCUT2D eigenvalue weighted by Gasteiger charge is -2.43. The fourth-order valence-corrected chi connectivity index (χ4v) is 3.43. The normalized spacial score (nSPS) is 21.3. The van der Waals surface area contributed by atoms with E-state index in [0.717, 1.165) is 0 Å². The molecule has 0 aliphatic carbocycles. The number of cyclic esters (lactones) is 1. The third-order valence-electron chi connectivity index (χ3n) is 4.93. The van der Waals surface area contributed by atoms with Crippen LogP contribution in [0.1, 0.15) is 39.5 Å². The summed E-state index contributed by atoms with van der Waals surface area (Å²) in [6.45, 7) is 6.68. The molecule has 1 aromatic heterocycles. The smallest absolute Gasteiger partial charge is 0.319 e. The van der Waals surface area contributed by atoms with Crippen molar-refractivity contribution in [1.29, 1.82) is 0 Å². The Bertz CT molecular complexity index is 893. The number of ether oxygens (including phenoxy) is 1. The number of nitro groups is 1. The van der Waals surface area contributed by atoms with E-state index in [-0.39, 0.29) is 11.5 Å². The Labute approximate surface area is 150 Å². The fraction of sp³-hybridized carbons (Fsp3) is 0.368. The number of hydrogen-bond acceptors (Lipinski definition) is 5. The van der Waals surface area contributed by atoms with Crippen LogP contribution in [0.15, 0.2) is 42.6 Å². The minimum absolute atomic E-state index is 0.0104. The van der Waals surface area contributed by atoms with Crippen LogP contribution in [0.5, 0.6) is 0 Å². The maximum Gasteiger partial charge on any atom is 0.319 e. The van der Waals surface area contributed by atoms with Crippen molar-refractivity contribution in [1.82, 2.24) is 4.57 Å². The molecule has 1 aliphatic rings. The number of benzene rings is 1. The number of aromatic nitrogens is 1. The van der Waals surface area contributed by atoms with Crippen LogP contribution >= 0.6 is 0 Å². The molecule has 1 fully saturated rings. The Hall–Kier alpha value is -2.96. The fourth-order valence-electron chi connectivity index (χ4n) is 3.43. The summed E-state index contributed by atoms with van der Waals surface area (Å²) in [5.41, 5.74) is -0.788. The van der Waals surface area contributed by atoms with Crippen molar-refractivity contribution >= 4 is 17.4 Å². The average molecular weight is 356 g/mol. The van der Waals surface area contributed by atoms with Gasteiger partial charge in [-0.05, 0) is 52.0 Å². The lowest BCUT2D eigenvalue weighted by Crippen LogP contribution is -2.52. The van der Waals surface area contributed by atoms with Gasteiger partial charge in [0, 0.05) is 24.0 Å². The third kappa shape index (κ3) is 2.60. The van der Waals surface area contributed by atoms with E-state index < -0.39 is 27.8 Å². The monoisotopic (exact) mass is 356 g/mol. The predicted molar refractivity (Wildman–Crippen MR) is 93.8 cm³/mol. The first-order valence-corrected chi connectivity index (χ1v) is 8.25. The molecule has 26 heavy (non-hydrogen) atoms. The standard InChI is InChI=1S/C19H20N2O5/c1-18(2)15(26-17(23)19(3,4)16(18)22)14-6-5-11-20(14)12-7-9-13(10-8-12)21(24)25/h5-11,15H,1-4H3/t15-/m0/s1. The molecular formula is C19H20N2O5. The number of ketones is 1. The van der Waals surface area contributed by atoms with Gasteiger partial charge in [0.25, 0.3) is 5.69 Å². The largest absolute Gasteiger partial charge is 0.454 e. The van der Waals surface area contributed by atoms with Crippen molar-refractivity contribution in [3.8, 4) is 5.69 Å². The van der Waals surface area contributed by atoms with Crippen LogP contribution in [-0.2, 0) is 14.3 Å². The van der Waals surface area contributed by atoms with Crippen molar-refractivity contribution in [3.63, 3.8) is 0 Å². The molecule has 0 saturated carbocycles. The second-order valence-electron chi connectivity index (χ2n) is 7.54. The number of esters is 1. The molecule has 0 spiro atoms. The van der Waals surface area contributed by atoms with Crippen LogP contribution < -0.4 is 0 Å². The Morgan fingerprint density at radius 2 is 1.69 bits per heavy atom. The van der Waals surface area contributed by atoms with Gasteiger partial charge in [0.15, 0.2) is 11.9 Å². The number of carbonyl (C=O) groups is 2. The molecule has 1 atom stereocenters. The first kappa shape index (κ1) is 17.8. The summed E-state index contributed by atoms with van der Waals surface area (Å²) >= 11 is 0. The highest BCUT2D eigenvalue weighted by Crippen LogP contribution is 2.48. The number of non-ortho nitro benzene ring substituents is 1. The number of nitrogens with zero attached hydrogens (tertiary/aromatic N) is 2. The van der Waals surface area contributed by atoms with Crippen molar-refractivity contribution < 1.29 is 19.2 Å². The highest BCUT2D eigenvalue weighted by molar-refractivity contribution is 6.07. The molecule has 0 unspecified atom stereocenters. The zero-order valence-corrected chi connectivity index (χ0v) is 15.1. The quantitative estimate of drug-likeness (QED) is 0.363. The highest BCUT2D eigenvalue weighted by Gasteiger charge is 2.56. The van der Waals surface area contributed by atoms with Gasteiger partial charge in [-0.15, -0.1) is 0 Å². The number of carbonyl (C=O) groups excluding carboxylic acids is 2. The van der Waals surface area contributed by atoms with Gasteiger partial charge in [-0.1, -0.05) is 0 Å². The van der Waals surface area contributed by atoms with Crippen LogP contribution in [0.25, 0.3) is 5.69 Å². The maximum atomic E-state index is 12.9. The molecule has 2 aromatic rings. The van der Waals surface area contributed by atoms with E-state index in [1.807, 2.05) is 0 Å². The summed E-state index contributed by atoms with van der Waals surface area (Å²) in [7, 11) is 0. The van der Waals surface area contributed by atoms with Crippen molar-refractivity contribution in [2.45, 2.75) is 33.8 Å². The number of hydrogen-bond donors (Lipinski definition) is 0. The van der Waals surface area contributed by atoms with E-state index in [9.17, 15) is 19.7 Å². The average Bonchev–Trinajstić information content (AvgIpc) is 3.06. The van der Waals surface area contributed by atoms with E-state index in [0.29, 0.717) is 11.4 Å². The Balaban J connectivity index is 2.04. The van der Waals surface area contributed by atoms with Crippen molar-refractivity contribution in [2.75, 3.05) is 0 Å². The molecule has 136 valence electrons. The van der Waals surface area contributed by atoms with Gasteiger partial charge in [0.05, 0.1) is 16.0 Å². The summed E-state index contributed by atoms with van der Waals surface area (Å²) < 4.78 is 7.44. The second kappa shape index (κ2) is 5.79. The van der Waals surface area contributed by atoms with Gasteiger partial charge in [-0.2, -0.15) is 0 Å². The molecular weight excluding hydrogens is 336 g/mol. The topological polar surface area (TPSA) is 91.4 Å². The van der Waals surface area contributed by atoms with Crippen LogP contribution in [0.2, 0.25) is 0 Å². The first-order chi connectivity index (χ1) is 12.1. The molecule has 0 N–H and O–H groups in total. The molecule has 7 nitrogen and oxygen atoms in total. The first-order valence-electron chi connectivity index (χ1n) is 8.25. The zero-order chi connectivity index (χ0) is 19.3. The van der Waals surface area contributed by atoms with Crippen molar-refractivity contribution in [2.24, 2.45) is 10.8 Å². The zero-order valence-electron chi connectivity index (χ0n) is 15.1. The van der Waals surface area contributed by atoms with E-state index in [4.69, 9.17) is 4.74 Å². The lowest BCUT2D eigenvalue weighted by molar-refractivity contribution is -0.384. The molecule has 0 amide bonds. The number of nitro benzene ring substituents is 1. The molecule has 0 bridgehead atoms. The van der Waals surface area contributed by atoms with Crippen LogP contribution in [-0.4, -0.2) is 21.2 Å². The summed E-state index contributed by atoms with van der Waals surface area (Å²) in [6, 6.07) is 9.62. The SMILES string of the molecule is CC1(C)C(=O)O[C@@H](c2cccn2-c2ccc([N+](=O)[O-])cc2)C(C)(C)C1=O. The van der Waals surface area contributed by atoms with E-state index >= 15 is 0 Å². The minimum atomic E-state index is -1.19. The number of rotatable bonds is 3. The maximum absolute atomic E-state index is 12.9. The minimum Gasteiger partial charge on any atom is -0.454 e. The van der Waals surface area contributed by atoms with E-state index in [1.165, 1.54) is 12.1 Å². The number of Topliss-reactive ketones (excluding diaryl/α,β-unsaturated/α-hetero) is 1. The van der Waals surface area contributed by atoms with E-state index in [1.54, 1.807) is 62.7 Å². The Morgan fingerprint density at radius 1 is 1.08 bits per heavy atom. The molecule has 7 heteroatoms. The van der Waals surface area contributed by atoms with Gasteiger partial charge in [-0.25, -0.2) is 0 Å². The van der Waals surface area contributed by atoms with Gasteiger partial charge in [-0.3, -0.25) is 19.7 Å². The lowest BCUT2D eigenvalue weighted by atomic mass is 9.67. The highest BCUT2D eigenvalue weighted by atomic mass is 16.6. The van der Waals surface area contributed by atoms with Crippen molar-refractivity contribution in [3.05, 3.63) is 58.4 Å². The van der Waals surface area contributed by atoms with Gasteiger partial charge in [0.2, 0.25) is 0 Å². The van der Waals surface area contributed by atoms with Gasteiger partial charge < -0.3 is 9.30 Å². The molecule has 1 aromatic carbocycles. The second-order valence-corrected chi connectivity index (χ2v) is 7.54. The molecule has 2 heterocycles.